The molecule has 0 unspecified atom stereocenters. The van der Waals surface area contributed by atoms with Crippen molar-refractivity contribution in [2.45, 2.75) is 64.2 Å². The number of nitrogens with zero attached hydrogens (tertiary/aromatic N) is 5. The van der Waals surface area contributed by atoms with Gasteiger partial charge < -0.3 is 20.9 Å². The molecule has 0 atom stereocenters. The predicted molar refractivity (Wildman–Crippen MR) is 134 cm³/mol. The van der Waals surface area contributed by atoms with Gasteiger partial charge in [-0.25, -0.2) is 9.97 Å². The first-order valence-corrected chi connectivity index (χ1v) is 12.4. The van der Waals surface area contributed by atoms with E-state index in [0.717, 1.165) is 58.9 Å². The summed E-state index contributed by atoms with van der Waals surface area (Å²) in [5, 5.41) is 10.1. The third-order valence-electron chi connectivity index (χ3n) is 6.09. The Morgan fingerprint density at radius 2 is 1.88 bits per heavy atom. The number of rotatable bonds is 7. The molecular formula is C24H30N8S. The minimum absolute atomic E-state index is 0.255. The molecule has 4 aromatic rings. The zero-order valence-corrected chi connectivity index (χ0v) is 19.8. The van der Waals surface area contributed by atoms with Crippen LogP contribution in [-0.2, 0) is 6.54 Å². The van der Waals surface area contributed by atoms with Gasteiger partial charge in [-0.1, -0.05) is 30.3 Å². The van der Waals surface area contributed by atoms with E-state index in [1.165, 1.54) is 0 Å². The van der Waals surface area contributed by atoms with Gasteiger partial charge in [-0.15, -0.1) is 11.3 Å². The second kappa shape index (κ2) is 9.44. The second-order valence-corrected chi connectivity index (χ2v) is 9.79. The van der Waals surface area contributed by atoms with Gasteiger partial charge in [0.15, 0.2) is 17.0 Å². The molecule has 4 N–H and O–H groups in total. The quantitative estimate of drug-likeness (QED) is 0.361. The van der Waals surface area contributed by atoms with Crippen LogP contribution in [0.5, 0.6) is 0 Å². The highest BCUT2D eigenvalue weighted by molar-refractivity contribution is 7.13. The molecule has 1 fully saturated rings. The molecule has 1 aromatic carbocycles. The van der Waals surface area contributed by atoms with Crippen molar-refractivity contribution in [1.82, 2.24) is 24.5 Å². The highest BCUT2D eigenvalue weighted by Crippen LogP contribution is 2.27. The minimum atomic E-state index is 0.255. The summed E-state index contributed by atoms with van der Waals surface area (Å²) in [6.07, 6.45) is 5.98. The standard InChI is InChI=1S/C24H30N8S/c1-15(2)32-14-27-20-21(26-12-19-13-33-23(28-19)16-6-4-3-5-7-16)30-24(31-22(20)32)29-18-10-8-17(25)9-11-18/h3-7,13-15,17-18H,8-12,25H2,1-2H3,(H2,26,29,30,31). The van der Waals surface area contributed by atoms with Crippen LogP contribution in [0.25, 0.3) is 21.7 Å². The molecule has 3 heterocycles. The molecule has 172 valence electrons. The largest absolute Gasteiger partial charge is 0.362 e. The number of fused-ring (bicyclic) bond motifs is 1. The Morgan fingerprint density at radius 3 is 2.64 bits per heavy atom. The lowest BCUT2D eigenvalue weighted by Crippen LogP contribution is -2.33. The third kappa shape index (κ3) is 4.84. The number of thiazole rings is 1. The van der Waals surface area contributed by atoms with E-state index in [1.807, 2.05) is 24.5 Å². The molecule has 0 bridgehead atoms. The molecule has 9 heteroatoms. The summed E-state index contributed by atoms with van der Waals surface area (Å²) in [6.45, 7) is 4.83. The lowest BCUT2D eigenvalue weighted by molar-refractivity contribution is 0.410. The topological polar surface area (TPSA) is 107 Å². The Bertz CT molecular complexity index is 1210. The van der Waals surface area contributed by atoms with Crippen LogP contribution in [0.4, 0.5) is 11.8 Å². The SMILES string of the molecule is CC(C)n1cnc2c(NCc3csc(-c4ccccc4)n3)nc(NC3CCC(N)CC3)nc21. The van der Waals surface area contributed by atoms with E-state index < -0.39 is 0 Å². The van der Waals surface area contributed by atoms with Crippen LogP contribution in [0.3, 0.4) is 0 Å². The van der Waals surface area contributed by atoms with E-state index in [4.69, 9.17) is 20.7 Å². The third-order valence-corrected chi connectivity index (χ3v) is 7.03. The van der Waals surface area contributed by atoms with Crippen molar-refractivity contribution in [2.24, 2.45) is 5.73 Å². The van der Waals surface area contributed by atoms with Gasteiger partial charge in [0.1, 0.15) is 5.01 Å². The van der Waals surface area contributed by atoms with Gasteiger partial charge in [0.25, 0.3) is 0 Å². The second-order valence-electron chi connectivity index (χ2n) is 8.93. The molecule has 3 aromatic heterocycles. The zero-order chi connectivity index (χ0) is 22.8. The van der Waals surface area contributed by atoms with E-state index in [0.29, 0.717) is 24.6 Å². The van der Waals surface area contributed by atoms with Crippen molar-refractivity contribution in [3.8, 4) is 10.6 Å². The van der Waals surface area contributed by atoms with Gasteiger partial charge in [0.2, 0.25) is 5.95 Å². The fraction of sp³-hybridized carbons (Fsp3) is 0.417. The first kappa shape index (κ1) is 21.8. The molecular weight excluding hydrogens is 432 g/mol. The highest BCUT2D eigenvalue weighted by atomic mass is 32.1. The van der Waals surface area contributed by atoms with E-state index in [-0.39, 0.29) is 6.04 Å². The monoisotopic (exact) mass is 462 g/mol. The summed E-state index contributed by atoms with van der Waals surface area (Å²) < 4.78 is 2.08. The maximum atomic E-state index is 6.08. The fourth-order valence-corrected chi connectivity index (χ4v) is 5.03. The summed E-state index contributed by atoms with van der Waals surface area (Å²) >= 11 is 1.65. The maximum absolute atomic E-state index is 6.08. The summed E-state index contributed by atoms with van der Waals surface area (Å²) in [5.74, 6) is 1.36. The van der Waals surface area contributed by atoms with E-state index in [1.54, 1.807) is 11.3 Å². The Labute approximate surface area is 197 Å². The molecule has 0 aliphatic heterocycles. The molecule has 0 radical (unpaired) electrons. The lowest BCUT2D eigenvalue weighted by atomic mass is 9.92. The number of hydrogen-bond acceptors (Lipinski definition) is 8. The maximum Gasteiger partial charge on any atom is 0.227 e. The van der Waals surface area contributed by atoms with Crippen LogP contribution in [0.2, 0.25) is 0 Å². The average molecular weight is 463 g/mol. The van der Waals surface area contributed by atoms with Crippen molar-refractivity contribution in [3.63, 3.8) is 0 Å². The minimum Gasteiger partial charge on any atom is -0.362 e. The van der Waals surface area contributed by atoms with Gasteiger partial charge in [-0.2, -0.15) is 9.97 Å². The van der Waals surface area contributed by atoms with Gasteiger partial charge in [0.05, 0.1) is 18.6 Å². The average Bonchev–Trinajstić information content (AvgIpc) is 3.47. The smallest absolute Gasteiger partial charge is 0.227 e. The predicted octanol–water partition coefficient (Wildman–Crippen LogP) is 4.82. The first-order valence-electron chi connectivity index (χ1n) is 11.6. The van der Waals surface area contributed by atoms with Crippen LogP contribution in [0.1, 0.15) is 51.3 Å². The molecule has 0 amide bonds. The van der Waals surface area contributed by atoms with Gasteiger partial charge in [0, 0.05) is 29.1 Å². The van der Waals surface area contributed by atoms with Crippen LogP contribution in [0, 0.1) is 0 Å². The zero-order valence-electron chi connectivity index (χ0n) is 19.0. The molecule has 1 saturated carbocycles. The Morgan fingerprint density at radius 1 is 1.09 bits per heavy atom. The Balaban J connectivity index is 1.39. The van der Waals surface area contributed by atoms with Crippen molar-refractivity contribution in [2.75, 3.05) is 10.6 Å². The number of anilines is 2. The Hall–Kier alpha value is -3.04. The summed E-state index contributed by atoms with van der Waals surface area (Å²) in [5.41, 5.74) is 9.79. The van der Waals surface area contributed by atoms with Gasteiger partial charge in [-0.3, -0.25) is 0 Å². The lowest BCUT2D eigenvalue weighted by Gasteiger charge is -2.27. The van der Waals surface area contributed by atoms with Crippen LogP contribution in [-0.4, -0.2) is 36.6 Å². The van der Waals surface area contributed by atoms with Gasteiger partial charge >= 0.3 is 0 Å². The van der Waals surface area contributed by atoms with Crippen molar-refractivity contribution in [1.29, 1.82) is 0 Å². The molecule has 33 heavy (non-hydrogen) atoms. The van der Waals surface area contributed by atoms with E-state index >= 15 is 0 Å². The Kier molecular flexibility index (Phi) is 6.24. The number of imidazole rings is 1. The number of benzene rings is 1. The van der Waals surface area contributed by atoms with Crippen molar-refractivity contribution >= 4 is 34.3 Å². The number of nitrogens with one attached hydrogen (secondary N) is 2. The molecule has 1 aliphatic carbocycles. The molecule has 5 rings (SSSR count). The van der Waals surface area contributed by atoms with Crippen LogP contribution < -0.4 is 16.4 Å². The molecule has 0 spiro atoms. The van der Waals surface area contributed by atoms with Crippen LogP contribution in [0.15, 0.2) is 42.0 Å². The molecule has 1 aliphatic rings. The number of hydrogen-bond donors (Lipinski definition) is 3. The molecule has 0 saturated heterocycles. The first-order chi connectivity index (χ1) is 16.1. The van der Waals surface area contributed by atoms with Gasteiger partial charge in [-0.05, 0) is 39.5 Å². The molecule has 8 nitrogen and oxygen atoms in total. The number of nitrogens with two attached hydrogens (primary N) is 1. The van der Waals surface area contributed by atoms with Crippen molar-refractivity contribution < 1.29 is 0 Å². The number of aromatic nitrogens is 5. The fourth-order valence-electron chi connectivity index (χ4n) is 4.20. The summed E-state index contributed by atoms with van der Waals surface area (Å²) in [4.78, 5) is 19.0. The van der Waals surface area contributed by atoms with Crippen LogP contribution >= 0.6 is 11.3 Å². The van der Waals surface area contributed by atoms with Crippen molar-refractivity contribution in [3.05, 3.63) is 47.7 Å². The highest BCUT2D eigenvalue weighted by Gasteiger charge is 2.21. The summed E-state index contributed by atoms with van der Waals surface area (Å²) in [7, 11) is 0. The van der Waals surface area contributed by atoms with E-state index in [2.05, 4.69) is 51.5 Å². The normalized spacial score (nSPS) is 18.7. The van der Waals surface area contributed by atoms with E-state index in [9.17, 15) is 0 Å². The summed E-state index contributed by atoms with van der Waals surface area (Å²) in [6, 6.07) is 11.2.